The van der Waals surface area contributed by atoms with E-state index in [1.165, 1.54) is 58.2 Å². The summed E-state index contributed by atoms with van der Waals surface area (Å²) >= 11 is 0. The second-order valence-electron chi connectivity index (χ2n) is 5.18. The fourth-order valence-corrected chi connectivity index (χ4v) is 2.81. The van der Waals surface area contributed by atoms with E-state index < -0.39 is 0 Å². The van der Waals surface area contributed by atoms with E-state index >= 15 is 0 Å². The molecular weight excluding hydrogens is 200 g/mol. The molecule has 1 unspecified atom stereocenters. The Morgan fingerprint density at radius 3 is 2.62 bits per heavy atom. The molecule has 2 saturated heterocycles. The van der Waals surface area contributed by atoms with Crippen LogP contribution in [0.4, 0.5) is 0 Å². The minimum absolute atomic E-state index is 0.552. The summed E-state index contributed by atoms with van der Waals surface area (Å²) in [4.78, 5) is 2.60. The van der Waals surface area contributed by atoms with Crippen molar-refractivity contribution >= 4 is 0 Å². The first-order valence-electron chi connectivity index (χ1n) is 6.89. The van der Waals surface area contributed by atoms with Gasteiger partial charge in [-0.2, -0.15) is 0 Å². The van der Waals surface area contributed by atoms with Gasteiger partial charge in [-0.05, 0) is 58.7 Å². The number of nitrogens with one attached hydrogen (secondary N) is 1. The van der Waals surface area contributed by atoms with Crippen molar-refractivity contribution in [3.05, 3.63) is 0 Å². The zero-order valence-corrected chi connectivity index (χ0v) is 10.6. The minimum Gasteiger partial charge on any atom is -0.378 e. The van der Waals surface area contributed by atoms with Gasteiger partial charge >= 0.3 is 0 Å². The van der Waals surface area contributed by atoms with Crippen LogP contribution < -0.4 is 5.32 Å². The van der Waals surface area contributed by atoms with Crippen LogP contribution in [0.15, 0.2) is 0 Å². The lowest BCUT2D eigenvalue weighted by Crippen LogP contribution is -2.42. The van der Waals surface area contributed by atoms with Gasteiger partial charge in [0.25, 0.3) is 0 Å². The van der Waals surface area contributed by atoms with Crippen LogP contribution in [0.25, 0.3) is 0 Å². The molecule has 16 heavy (non-hydrogen) atoms. The maximum atomic E-state index is 5.77. The predicted octanol–water partition coefficient (Wildman–Crippen LogP) is 1.63. The van der Waals surface area contributed by atoms with Crippen LogP contribution in [0.2, 0.25) is 0 Å². The van der Waals surface area contributed by atoms with Gasteiger partial charge in [-0.25, -0.2) is 0 Å². The fourth-order valence-electron chi connectivity index (χ4n) is 2.81. The maximum absolute atomic E-state index is 5.77. The van der Waals surface area contributed by atoms with E-state index in [-0.39, 0.29) is 0 Å². The molecule has 0 amide bonds. The van der Waals surface area contributed by atoms with Crippen molar-refractivity contribution < 1.29 is 4.74 Å². The molecular formula is C13H26N2O. The summed E-state index contributed by atoms with van der Waals surface area (Å²) in [5.74, 6) is 0. The van der Waals surface area contributed by atoms with E-state index in [0.29, 0.717) is 6.10 Å². The molecule has 3 heteroatoms. The second kappa shape index (κ2) is 6.58. The second-order valence-corrected chi connectivity index (χ2v) is 5.18. The Labute approximate surface area is 99.5 Å². The number of piperidine rings is 1. The standard InChI is InChI=1S/C13H26N2O/c1-14-12-5-8-15(9-6-12)10-7-13-4-2-3-11-16-13/h12-14H,2-11H2,1H3. The number of rotatable bonds is 4. The Balaban J connectivity index is 1.59. The first-order valence-corrected chi connectivity index (χ1v) is 6.89. The molecule has 0 saturated carbocycles. The summed E-state index contributed by atoms with van der Waals surface area (Å²) in [7, 11) is 2.08. The normalized spacial score (nSPS) is 29.4. The molecule has 0 aromatic rings. The van der Waals surface area contributed by atoms with Crippen LogP contribution in [0, 0.1) is 0 Å². The van der Waals surface area contributed by atoms with E-state index in [1.807, 2.05) is 0 Å². The number of ether oxygens (including phenoxy) is 1. The Hall–Kier alpha value is -0.120. The van der Waals surface area contributed by atoms with Gasteiger partial charge in [-0.1, -0.05) is 0 Å². The largest absolute Gasteiger partial charge is 0.378 e. The van der Waals surface area contributed by atoms with Crippen molar-refractivity contribution in [3.63, 3.8) is 0 Å². The monoisotopic (exact) mass is 226 g/mol. The van der Waals surface area contributed by atoms with Crippen LogP contribution >= 0.6 is 0 Å². The molecule has 0 radical (unpaired) electrons. The molecule has 2 aliphatic rings. The molecule has 3 nitrogen and oxygen atoms in total. The Kier molecular flexibility index (Phi) is 5.07. The van der Waals surface area contributed by atoms with Crippen LogP contribution in [-0.2, 0) is 4.74 Å². The third-order valence-corrected chi connectivity index (χ3v) is 4.04. The third kappa shape index (κ3) is 3.72. The van der Waals surface area contributed by atoms with Crippen molar-refractivity contribution in [3.8, 4) is 0 Å². The number of hydrogen-bond acceptors (Lipinski definition) is 3. The lowest BCUT2D eigenvalue weighted by Gasteiger charge is -2.33. The molecule has 2 rings (SSSR count). The molecule has 1 N–H and O–H groups in total. The maximum Gasteiger partial charge on any atom is 0.0587 e. The molecule has 0 spiro atoms. The molecule has 94 valence electrons. The van der Waals surface area contributed by atoms with Gasteiger partial charge < -0.3 is 15.0 Å². The van der Waals surface area contributed by atoms with Crippen molar-refractivity contribution in [2.24, 2.45) is 0 Å². The lowest BCUT2D eigenvalue weighted by atomic mass is 10.0. The highest BCUT2D eigenvalue weighted by atomic mass is 16.5. The van der Waals surface area contributed by atoms with E-state index in [9.17, 15) is 0 Å². The molecule has 0 aromatic heterocycles. The molecule has 1 atom stereocenters. The topological polar surface area (TPSA) is 24.5 Å². The molecule has 2 fully saturated rings. The highest BCUT2D eigenvalue weighted by molar-refractivity contribution is 4.76. The number of nitrogens with zero attached hydrogens (tertiary/aromatic N) is 1. The third-order valence-electron chi connectivity index (χ3n) is 4.04. The van der Waals surface area contributed by atoms with Crippen LogP contribution in [0.5, 0.6) is 0 Å². The first kappa shape index (κ1) is 12.3. The van der Waals surface area contributed by atoms with Gasteiger partial charge in [0.15, 0.2) is 0 Å². The van der Waals surface area contributed by atoms with Gasteiger partial charge in [-0.3, -0.25) is 0 Å². The van der Waals surface area contributed by atoms with Crippen LogP contribution in [0.1, 0.15) is 38.5 Å². The quantitative estimate of drug-likeness (QED) is 0.788. The summed E-state index contributed by atoms with van der Waals surface area (Å²) in [5, 5.41) is 3.38. The van der Waals surface area contributed by atoms with Crippen molar-refractivity contribution in [2.45, 2.75) is 50.7 Å². The molecule has 2 heterocycles. The Morgan fingerprint density at radius 2 is 2.00 bits per heavy atom. The molecule has 0 bridgehead atoms. The van der Waals surface area contributed by atoms with E-state index in [2.05, 4.69) is 17.3 Å². The van der Waals surface area contributed by atoms with Crippen molar-refractivity contribution in [1.29, 1.82) is 0 Å². The molecule has 0 aliphatic carbocycles. The molecule has 2 aliphatic heterocycles. The van der Waals surface area contributed by atoms with Gasteiger partial charge in [0, 0.05) is 19.2 Å². The van der Waals surface area contributed by atoms with E-state index in [4.69, 9.17) is 4.74 Å². The summed E-state index contributed by atoms with van der Waals surface area (Å²) in [6.07, 6.45) is 8.33. The van der Waals surface area contributed by atoms with Gasteiger partial charge in [0.1, 0.15) is 0 Å². The van der Waals surface area contributed by atoms with Crippen LogP contribution in [0.3, 0.4) is 0 Å². The summed E-state index contributed by atoms with van der Waals surface area (Å²) < 4.78 is 5.77. The Bertz CT molecular complexity index is 184. The van der Waals surface area contributed by atoms with Gasteiger partial charge in [0.05, 0.1) is 6.10 Å². The zero-order chi connectivity index (χ0) is 11.2. The summed E-state index contributed by atoms with van der Waals surface area (Å²) in [6, 6.07) is 0.752. The van der Waals surface area contributed by atoms with Crippen molar-refractivity contribution in [2.75, 3.05) is 33.3 Å². The lowest BCUT2D eigenvalue weighted by molar-refractivity contribution is 0.00414. The first-order chi connectivity index (χ1) is 7.88. The smallest absolute Gasteiger partial charge is 0.0587 e. The minimum atomic E-state index is 0.552. The number of hydrogen-bond donors (Lipinski definition) is 1. The van der Waals surface area contributed by atoms with Gasteiger partial charge in [0.2, 0.25) is 0 Å². The highest BCUT2D eigenvalue weighted by Gasteiger charge is 2.19. The highest BCUT2D eigenvalue weighted by Crippen LogP contribution is 2.17. The van der Waals surface area contributed by atoms with Crippen LogP contribution in [-0.4, -0.2) is 50.3 Å². The molecule has 0 aromatic carbocycles. The van der Waals surface area contributed by atoms with Crippen molar-refractivity contribution in [1.82, 2.24) is 10.2 Å². The predicted molar refractivity (Wildman–Crippen MR) is 66.7 cm³/mol. The van der Waals surface area contributed by atoms with E-state index in [0.717, 1.165) is 12.6 Å². The zero-order valence-electron chi connectivity index (χ0n) is 10.6. The average molecular weight is 226 g/mol. The van der Waals surface area contributed by atoms with E-state index in [1.54, 1.807) is 0 Å². The summed E-state index contributed by atoms with van der Waals surface area (Å²) in [5.41, 5.74) is 0. The van der Waals surface area contributed by atoms with Gasteiger partial charge in [-0.15, -0.1) is 0 Å². The summed E-state index contributed by atoms with van der Waals surface area (Å²) in [6.45, 7) is 4.75. The number of likely N-dealkylation sites (tertiary alicyclic amines) is 1. The Morgan fingerprint density at radius 1 is 1.19 bits per heavy atom. The SMILES string of the molecule is CNC1CCN(CCC2CCCCO2)CC1. The average Bonchev–Trinajstić information content (AvgIpc) is 2.38. The fraction of sp³-hybridized carbons (Fsp3) is 1.00.